The lowest BCUT2D eigenvalue weighted by molar-refractivity contribution is 0.590. The lowest BCUT2D eigenvalue weighted by Gasteiger charge is -2.45. The van der Waals surface area contributed by atoms with Crippen molar-refractivity contribution < 1.29 is 0 Å². The smallest absolute Gasteiger partial charge is 0.252 e. The van der Waals surface area contributed by atoms with Crippen molar-refractivity contribution in [2.75, 3.05) is 14.7 Å². The third-order valence-corrected chi connectivity index (χ3v) is 12.1. The van der Waals surface area contributed by atoms with Crippen molar-refractivity contribution in [2.24, 2.45) is 0 Å². The van der Waals surface area contributed by atoms with Crippen LogP contribution in [0.5, 0.6) is 0 Å². The predicted molar refractivity (Wildman–Crippen MR) is 250 cm³/mol. The second kappa shape index (κ2) is 13.6. The van der Waals surface area contributed by atoms with Crippen LogP contribution in [0.2, 0.25) is 0 Å². The van der Waals surface area contributed by atoms with Crippen molar-refractivity contribution in [3.05, 3.63) is 193 Å². The van der Waals surface area contributed by atoms with Gasteiger partial charge >= 0.3 is 0 Å². The first kappa shape index (κ1) is 35.9. The molecule has 0 radical (unpaired) electrons. The zero-order valence-corrected chi connectivity index (χ0v) is 34.2. The van der Waals surface area contributed by atoms with Crippen LogP contribution in [-0.4, -0.2) is 6.71 Å². The van der Waals surface area contributed by atoms with E-state index in [1.807, 2.05) is 0 Å². The van der Waals surface area contributed by atoms with Gasteiger partial charge < -0.3 is 14.7 Å². The van der Waals surface area contributed by atoms with Gasteiger partial charge in [-0.15, -0.1) is 0 Å². The van der Waals surface area contributed by atoms with Gasteiger partial charge in [0.15, 0.2) is 0 Å². The van der Waals surface area contributed by atoms with Crippen LogP contribution in [-0.2, 0) is 10.8 Å². The highest BCUT2D eigenvalue weighted by Crippen LogP contribution is 2.47. The molecule has 8 aromatic carbocycles. The summed E-state index contributed by atoms with van der Waals surface area (Å²) in [6, 6.07) is 67.5. The first-order valence-electron chi connectivity index (χ1n) is 20.6. The van der Waals surface area contributed by atoms with Gasteiger partial charge in [-0.2, -0.15) is 0 Å². The van der Waals surface area contributed by atoms with Crippen LogP contribution in [0.1, 0.15) is 52.7 Å². The number of nitrogens with zero attached hydrogens (tertiary/aromatic N) is 3. The third kappa shape index (κ3) is 5.89. The second-order valence-corrected chi connectivity index (χ2v) is 17.9. The molecule has 282 valence electrons. The largest absolute Gasteiger partial charge is 0.311 e. The number of rotatable bonds is 5. The van der Waals surface area contributed by atoms with Gasteiger partial charge in [0.1, 0.15) is 0 Å². The molecule has 8 aromatic rings. The van der Waals surface area contributed by atoms with Crippen LogP contribution in [0.15, 0.2) is 182 Å². The number of fused-ring (bicyclic) bond motifs is 5. The number of hydrogen-bond donors (Lipinski definition) is 0. The lowest BCUT2D eigenvalue weighted by atomic mass is 9.33. The molecule has 0 saturated carbocycles. The Labute approximate surface area is 343 Å². The van der Waals surface area contributed by atoms with Crippen molar-refractivity contribution >= 4 is 85.1 Å². The maximum atomic E-state index is 2.55. The van der Waals surface area contributed by atoms with Crippen LogP contribution in [0.4, 0.5) is 51.2 Å². The lowest BCUT2D eigenvalue weighted by Crippen LogP contribution is -2.61. The zero-order valence-electron chi connectivity index (χ0n) is 34.2. The monoisotopic (exact) mass is 749 g/mol. The van der Waals surface area contributed by atoms with Gasteiger partial charge in [-0.25, -0.2) is 0 Å². The summed E-state index contributed by atoms with van der Waals surface area (Å²) in [5.41, 5.74) is 17.2. The molecule has 0 aromatic heterocycles. The molecule has 0 spiro atoms. The average molecular weight is 750 g/mol. The molecule has 4 heteroatoms. The van der Waals surface area contributed by atoms with Crippen LogP contribution >= 0.6 is 0 Å². The summed E-state index contributed by atoms with van der Waals surface area (Å²) < 4.78 is 0. The van der Waals surface area contributed by atoms with Gasteiger partial charge in [0.05, 0.1) is 5.69 Å². The fraction of sp³-hybridized carbons (Fsp3) is 0.148. The SMILES string of the molecule is CC(C)(C)c1ccc(N2c3ccc(C(C)(C)C)cc3B3c4ccc(N(c5ccccc5)c5ccccc5)cc4N(c4cccc5ccccc45)c4cccc2c43)cc1. The Morgan fingerprint density at radius 1 is 0.397 bits per heavy atom. The number of para-hydroxylation sites is 2. The van der Waals surface area contributed by atoms with E-state index < -0.39 is 0 Å². The summed E-state index contributed by atoms with van der Waals surface area (Å²) >= 11 is 0. The first-order chi connectivity index (χ1) is 28.1. The van der Waals surface area contributed by atoms with E-state index in [2.05, 4.69) is 238 Å². The first-order valence-corrected chi connectivity index (χ1v) is 20.6. The highest BCUT2D eigenvalue weighted by molar-refractivity contribution is 7.00. The highest BCUT2D eigenvalue weighted by atomic mass is 15.2. The molecule has 0 unspecified atom stereocenters. The molecule has 2 heterocycles. The normalized spacial score (nSPS) is 13.2. The van der Waals surface area contributed by atoms with E-state index >= 15 is 0 Å². The quantitative estimate of drug-likeness (QED) is 0.162. The van der Waals surface area contributed by atoms with Crippen molar-refractivity contribution in [1.82, 2.24) is 0 Å². The fourth-order valence-electron chi connectivity index (χ4n) is 9.18. The summed E-state index contributed by atoms with van der Waals surface area (Å²) in [7, 11) is 0. The maximum absolute atomic E-state index is 2.55. The molecule has 58 heavy (non-hydrogen) atoms. The van der Waals surface area contributed by atoms with Crippen LogP contribution in [0, 0.1) is 0 Å². The Balaban J connectivity index is 1.27. The molecule has 0 amide bonds. The molecular formula is C54H48BN3. The second-order valence-electron chi connectivity index (χ2n) is 17.9. The summed E-state index contributed by atoms with van der Waals surface area (Å²) in [6.45, 7) is 13.8. The minimum atomic E-state index is -0.0176. The Kier molecular flexibility index (Phi) is 8.39. The summed E-state index contributed by atoms with van der Waals surface area (Å²) in [6.07, 6.45) is 0. The number of anilines is 9. The molecule has 0 fully saturated rings. The van der Waals surface area contributed by atoms with Crippen molar-refractivity contribution in [1.29, 1.82) is 0 Å². The van der Waals surface area contributed by atoms with Crippen molar-refractivity contribution in [3.63, 3.8) is 0 Å². The van der Waals surface area contributed by atoms with Crippen molar-refractivity contribution in [3.8, 4) is 0 Å². The Morgan fingerprint density at radius 2 is 0.966 bits per heavy atom. The van der Waals surface area contributed by atoms with Gasteiger partial charge in [-0.3, -0.25) is 0 Å². The van der Waals surface area contributed by atoms with E-state index in [-0.39, 0.29) is 17.5 Å². The van der Waals surface area contributed by atoms with Crippen LogP contribution < -0.4 is 31.1 Å². The molecule has 0 saturated heterocycles. The highest BCUT2D eigenvalue weighted by Gasteiger charge is 2.44. The van der Waals surface area contributed by atoms with Crippen LogP contribution in [0.3, 0.4) is 0 Å². The summed E-state index contributed by atoms with van der Waals surface area (Å²) in [4.78, 5) is 7.43. The number of hydrogen-bond acceptors (Lipinski definition) is 3. The Bertz CT molecular complexity index is 2770. The molecule has 2 aliphatic heterocycles. The van der Waals surface area contributed by atoms with Gasteiger partial charge in [0.2, 0.25) is 0 Å². The minimum absolute atomic E-state index is 0.0176. The molecule has 2 aliphatic rings. The van der Waals surface area contributed by atoms with E-state index in [1.54, 1.807) is 0 Å². The van der Waals surface area contributed by atoms with Crippen molar-refractivity contribution in [2.45, 2.75) is 52.4 Å². The van der Waals surface area contributed by atoms with E-state index in [0.29, 0.717) is 0 Å². The molecule has 3 nitrogen and oxygen atoms in total. The number of benzene rings is 8. The average Bonchev–Trinajstić information content (AvgIpc) is 3.23. The maximum Gasteiger partial charge on any atom is 0.252 e. The van der Waals surface area contributed by atoms with Gasteiger partial charge in [-0.1, -0.05) is 151 Å². The zero-order chi connectivity index (χ0) is 39.8. The molecular weight excluding hydrogens is 701 g/mol. The van der Waals surface area contributed by atoms with E-state index in [4.69, 9.17) is 0 Å². The summed E-state index contributed by atoms with van der Waals surface area (Å²) in [5, 5.41) is 2.45. The van der Waals surface area contributed by atoms with Gasteiger partial charge in [0, 0.05) is 50.9 Å². The molecule has 0 atom stereocenters. The molecule has 0 bridgehead atoms. The van der Waals surface area contributed by atoms with E-state index in [9.17, 15) is 0 Å². The standard InChI is InChI=1S/C54H48BN3/c1-53(2,3)38-27-30-42(31-28-38)57-48-34-29-39(54(4,5)6)35-46(48)55-45-33-32-43(56(40-19-9-7-10-20-40)41-21-11-8-12-22-41)36-51(45)58(50-26-16-25-49(57)52(50)55)47-24-15-18-37-17-13-14-23-44(37)47/h7-36H,1-6H3. The minimum Gasteiger partial charge on any atom is -0.311 e. The molecule has 0 aliphatic carbocycles. The summed E-state index contributed by atoms with van der Waals surface area (Å²) in [5.74, 6) is 0. The van der Waals surface area contributed by atoms with Gasteiger partial charge in [0.25, 0.3) is 6.71 Å². The topological polar surface area (TPSA) is 9.72 Å². The van der Waals surface area contributed by atoms with E-state index in [1.165, 1.54) is 72.4 Å². The third-order valence-electron chi connectivity index (χ3n) is 12.1. The molecule has 10 rings (SSSR count). The Hall–Kier alpha value is -6.52. The van der Waals surface area contributed by atoms with Gasteiger partial charge in [-0.05, 0) is 117 Å². The van der Waals surface area contributed by atoms with Crippen LogP contribution in [0.25, 0.3) is 10.8 Å². The fourth-order valence-corrected chi connectivity index (χ4v) is 9.18. The predicted octanol–water partition coefficient (Wildman–Crippen LogP) is 13.0. The van der Waals surface area contributed by atoms with E-state index in [0.717, 1.165) is 17.1 Å². The Morgan fingerprint density at radius 3 is 1.64 bits per heavy atom. The molecule has 0 N–H and O–H groups in total.